The van der Waals surface area contributed by atoms with Crippen molar-refractivity contribution in [2.45, 2.75) is 0 Å². The van der Waals surface area contributed by atoms with Crippen molar-refractivity contribution in [2.24, 2.45) is 0 Å². The average Bonchev–Trinajstić information content (AvgIpc) is 1.35. The quantitative estimate of drug-likeness (QED) is 0.239. The van der Waals surface area contributed by atoms with Crippen LogP contribution in [0.3, 0.4) is 0 Å². The molecule has 0 saturated carbocycles. The molecule has 0 aliphatic rings. The predicted molar refractivity (Wildman–Crippen MR) is 17.3 cm³/mol. The third-order valence-corrected chi connectivity index (χ3v) is 0.115. The Morgan fingerprint density at radius 3 is 2.29 bits per heavy atom. The lowest BCUT2D eigenvalue weighted by molar-refractivity contribution is -0.732. The minimum absolute atomic E-state index is 0. The molecule has 2 N–H and O–H groups in total. The zero-order valence-electron chi connectivity index (χ0n) is 3.12. The maximum atomic E-state index is 8.96. The van der Waals surface area contributed by atoms with E-state index >= 15 is 0 Å². The molecule has 0 atom stereocenters. The molecule has 0 bridgehead atoms. The van der Waals surface area contributed by atoms with Gasteiger partial charge in [-0.1, -0.05) is 0 Å². The van der Waals surface area contributed by atoms with Crippen LogP contribution in [0.2, 0.25) is 0 Å². The lowest BCUT2D eigenvalue weighted by Gasteiger charge is -1.70. The first-order valence-corrected chi connectivity index (χ1v) is 0.975. The molecule has 0 aromatic heterocycles. The monoisotopic (exact) mass is 106 g/mol. The number of hydrogen-bond donors (Lipinski definition) is 0. The van der Waals surface area contributed by atoms with E-state index < -0.39 is 5.09 Å². The Labute approximate surface area is 38.3 Å². The van der Waals surface area contributed by atoms with E-state index in [1.54, 1.807) is 0 Å². The average molecular weight is 106 g/mol. The molecule has 0 saturated heterocycles. The maximum absolute atomic E-state index is 8.96. The van der Waals surface area contributed by atoms with Gasteiger partial charge in [0.05, 0.1) is 0 Å². The molecular formula is CH2N2O4. The predicted octanol–water partition coefficient (Wildman–Crippen LogP) is -1.15. The van der Waals surface area contributed by atoms with E-state index in [9.17, 15) is 0 Å². The van der Waals surface area contributed by atoms with Gasteiger partial charge in [-0.2, -0.15) is 10.1 Å². The van der Waals surface area contributed by atoms with E-state index in [0.717, 1.165) is 6.26 Å². The van der Waals surface area contributed by atoms with Crippen molar-refractivity contribution in [3.63, 3.8) is 0 Å². The minimum atomic E-state index is -1.18. The molecule has 6 heteroatoms. The Balaban J connectivity index is 0. The Kier molecular flexibility index (Phi) is 6.09. The van der Waals surface area contributed by atoms with E-state index in [0.29, 0.717) is 0 Å². The first-order valence-electron chi connectivity index (χ1n) is 0.975. The fraction of sp³-hybridized carbons (Fsp3) is 0. The molecule has 0 heterocycles. The summed E-state index contributed by atoms with van der Waals surface area (Å²) in [5.74, 6) is 0. The largest absolute Gasteiger partial charge is 0.412 e. The fourth-order valence-corrected chi connectivity index (χ4v) is 0.0333. The molecular weight excluding hydrogens is 104 g/mol. The highest BCUT2D eigenvalue weighted by atomic mass is 16.9. The van der Waals surface area contributed by atoms with Crippen LogP contribution in [0.15, 0.2) is 0 Å². The molecule has 0 amide bonds. The van der Waals surface area contributed by atoms with Gasteiger partial charge in [0, 0.05) is 0 Å². The molecule has 0 unspecified atom stereocenters. The van der Waals surface area contributed by atoms with Crippen LogP contribution in [0, 0.1) is 21.6 Å². The summed E-state index contributed by atoms with van der Waals surface area (Å²) in [6.07, 6.45) is 0.868. The van der Waals surface area contributed by atoms with Crippen LogP contribution >= 0.6 is 0 Å². The van der Waals surface area contributed by atoms with E-state index in [1.807, 2.05) is 0 Å². The summed E-state index contributed by atoms with van der Waals surface area (Å²) in [4.78, 5) is 12.0. The summed E-state index contributed by atoms with van der Waals surface area (Å²) < 4.78 is 0. The maximum Gasteiger partial charge on any atom is 0.310 e. The zero-order valence-corrected chi connectivity index (χ0v) is 3.12. The van der Waals surface area contributed by atoms with Gasteiger partial charge >= 0.3 is 5.09 Å². The first-order chi connectivity index (χ1) is 2.77. The fourth-order valence-electron chi connectivity index (χ4n) is 0.0333. The number of hydrogen-bond acceptors (Lipinski definition) is 4. The summed E-state index contributed by atoms with van der Waals surface area (Å²) in [6.45, 7) is 0. The highest BCUT2D eigenvalue weighted by Gasteiger charge is 1.84. The van der Waals surface area contributed by atoms with Crippen LogP contribution < -0.4 is 0 Å². The summed E-state index contributed by atoms with van der Waals surface area (Å²) in [5, 5.41) is 15.1. The van der Waals surface area contributed by atoms with Gasteiger partial charge in [0.1, 0.15) is 0 Å². The van der Waals surface area contributed by atoms with Gasteiger partial charge in [-0.15, -0.1) is 10.1 Å². The molecule has 0 aromatic carbocycles. The van der Waals surface area contributed by atoms with Crippen LogP contribution in [-0.2, 0) is 4.84 Å². The summed E-state index contributed by atoms with van der Waals surface area (Å²) in [5.41, 5.74) is 0. The molecule has 0 spiro atoms. The van der Waals surface area contributed by atoms with Crippen LogP contribution in [0.4, 0.5) is 0 Å². The molecule has 7 heavy (non-hydrogen) atoms. The second-order valence-corrected chi connectivity index (χ2v) is 0.406. The van der Waals surface area contributed by atoms with Gasteiger partial charge in [0.15, 0.2) is 0 Å². The molecule has 6 nitrogen and oxygen atoms in total. The molecule has 0 aliphatic heterocycles. The Morgan fingerprint density at radius 1 is 1.86 bits per heavy atom. The Morgan fingerprint density at radius 2 is 2.29 bits per heavy atom. The highest BCUT2D eigenvalue weighted by Crippen LogP contribution is 1.62. The van der Waals surface area contributed by atoms with Crippen molar-refractivity contribution >= 4 is 0 Å². The lowest BCUT2D eigenvalue weighted by atomic mass is 11.6. The second-order valence-electron chi connectivity index (χ2n) is 0.406. The standard InChI is InChI=1S/CN2O3.H2O/c2-1-6-3(4)5;/h;1H2. The topological polar surface area (TPSA) is 108 Å². The molecule has 0 aromatic rings. The zero-order chi connectivity index (χ0) is 4.99. The van der Waals surface area contributed by atoms with E-state index in [2.05, 4.69) is 4.84 Å². The number of nitrogens with zero attached hydrogens (tertiary/aromatic N) is 2. The van der Waals surface area contributed by atoms with Crippen molar-refractivity contribution < 1.29 is 15.4 Å². The van der Waals surface area contributed by atoms with Gasteiger partial charge < -0.3 is 5.48 Å². The molecule has 0 fully saturated rings. The van der Waals surface area contributed by atoms with Gasteiger partial charge in [-0.25, -0.2) is 0 Å². The number of rotatable bonds is 1. The van der Waals surface area contributed by atoms with Crippen molar-refractivity contribution in [2.75, 3.05) is 0 Å². The third kappa shape index (κ3) is 12.0. The van der Waals surface area contributed by atoms with Gasteiger partial charge in [0.25, 0.3) is 6.26 Å². The van der Waals surface area contributed by atoms with Crippen LogP contribution in [0.1, 0.15) is 0 Å². The van der Waals surface area contributed by atoms with Crippen molar-refractivity contribution in [3.05, 3.63) is 10.1 Å². The highest BCUT2D eigenvalue weighted by molar-refractivity contribution is 4.36. The number of nitriles is 1. The van der Waals surface area contributed by atoms with Crippen LogP contribution in [0.25, 0.3) is 0 Å². The first kappa shape index (κ1) is 9.17. The lowest BCUT2D eigenvalue weighted by Crippen LogP contribution is -1.91. The summed E-state index contributed by atoms with van der Waals surface area (Å²) in [6, 6.07) is 0. The molecule has 0 aliphatic carbocycles. The Hall–Kier alpha value is -1.35. The minimum Gasteiger partial charge on any atom is -0.412 e. The van der Waals surface area contributed by atoms with Gasteiger partial charge in [-0.3, -0.25) is 0 Å². The Bertz CT molecular complexity index is 92.4. The molecule has 0 radical (unpaired) electrons. The summed E-state index contributed by atoms with van der Waals surface area (Å²) >= 11 is 0. The SMILES string of the molecule is N#CO[N+](=O)[O-].O. The van der Waals surface area contributed by atoms with Crippen molar-refractivity contribution in [1.29, 1.82) is 5.26 Å². The third-order valence-electron chi connectivity index (χ3n) is 0.115. The van der Waals surface area contributed by atoms with E-state index in [-0.39, 0.29) is 5.48 Å². The van der Waals surface area contributed by atoms with Gasteiger partial charge in [-0.05, 0) is 0 Å². The normalized spacial score (nSPS) is 5.00. The van der Waals surface area contributed by atoms with Gasteiger partial charge in [0.2, 0.25) is 0 Å². The van der Waals surface area contributed by atoms with E-state index in [4.69, 9.17) is 15.4 Å². The molecule has 40 valence electrons. The van der Waals surface area contributed by atoms with Crippen LogP contribution in [0.5, 0.6) is 0 Å². The van der Waals surface area contributed by atoms with E-state index in [1.165, 1.54) is 0 Å². The second kappa shape index (κ2) is 4.65. The van der Waals surface area contributed by atoms with Crippen molar-refractivity contribution in [1.82, 2.24) is 0 Å². The molecule has 0 rings (SSSR count). The van der Waals surface area contributed by atoms with Crippen molar-refractivity contribution in [3.8, 4) is 6.26 Å². The summed E-state index contributed by atoms with van der Waals surface area (Å²) in [7, 11) is 0. The smallest absolute Gasteiger partial charge is 0.310 e. The van der Waals surface area contributed by atoms with Crippen LogP contribution in [-0.4, -0.2) is 10.6 Å².